The number of hydrogen-bond donors (Lipinski definition) is 1. The summed E-state index contributed by atoms with van der Waals surface area (Å²) in [5, 5.41) is 3.55. The van der Waals surface area contributed by atoms with Gasteiger partial charge in [-0.3, -0.25) is 9.80 Å². The summed E-state index contributed by atoms with van der Waals surface area (Å²) < 4.78 is 0. The molecular weight excluding hydrogens is 222 g/mol. The summed E-state index contributed by atoms with van der Waals surface area (Å²) in [6.45, 7) is 17.6. The van der Waals surface area contributed by atoms with Crippen molar-refractivity contribution in [2.45, 2.75) is 52.6 Å². The average molecular weight is 255 g/mol. The molecule has 0 bridgehead atoms. The third-order valence-electron chi connectivity index (χ3n) is 4.64. The van der Waals surface area contributed by atoms with Gasteiger partial charge in [0.2, 0.25) is 0 Å². The number of nitrogens with zero attached hydrogens (tertiary/aromatic N) is 2. The molecule has 1 saturated heterocycles. The predicted molar refractivity (Wildman–Crippen MR) is 80.1 cm³/mol. The summed E-state index contributed by atoms with van der Waals surface area (Å²) in [7, 11) is 2.24. The molecule has 1 aliphatic heterocycles. The van der Waals surface area contributed by atoms with Gasteiger partial charge in [0.15, 0.2) is 0 Å². The maximum Gasteiger partial charge on any atom is 0.0277 e. The van der Waals surface area contributed by atoms with Crippen molar-refractivity contribution in [2.24, 2.45) is 5.92 Å². The quantitative estimate of drug-likeness (QED) is 0.733. The van der Waals surface area contributed by atoms with Gasteiger partial charge in [0.1, 0.15) is 0 Å². The summed E-state index contributed by atoms with van der Waals surface area (Å²) in [5.41, 5.74) is 0.309. The van der Waals surface area contributed by atoms with Crippen molar-refractivity contribution in [1.82, 2.24) is 15.1 Å². The Bertz CT molecular complexity index is 240. The van der Waals surface area contributed by atoms with Gasteiger partial charge < -0.3 is 5.32 Å². The molecule has 1 rings (SSSR count). The Kier molecular flexibility index (Phi) is 6.09. The maximum absolute atomic E-state index is 3.55. The van der Waals surface area contributed by atoms with E-state index in [4.69, 9.17) is 0 Å². The van der Waals surface area contributed by atoms with Crippen molar-refractivity contribution in [3.8, 4) is 0 Å². The molecule has 0 spiro atoms. The first-order valence-electron chi connectivity index (χ1n) is 7.54. The number of hydrogen-bond acceptors (Lipinski definition) is 3. The van der Waals surface area contributed by atoms with Crippen LogP contribution in [0.1, 0.15) is 41.0 Å². The highest BCUT2D eigenvalue weighted by Gasteiger charge is 2.34. The fourth-order valence-electron chi connectivity index (χ4n) is 2.66. The van der Waals surface area contributed by atoms with E-state index in [0.717, 1.165) is 19.0 Å². The van der Waals surface area contributed by atoms with E-state index in [2.05, 4.69) is 56.8 Å². The van der Waals surface area contributed by atoms with Crippen LogP contribution in [0.4, 0.5) is 0 Å². The molecule has 1 fully saturated rings. The summed E-state index contributed by atoms with van der Waals surface area (Å²) in [6, 6.07) is 0.669. The molecule has 108 valence electrons. The zero-order chi connectivity index (χ0) is 13.8. The summed E-state index contributed by atoms with van der Waals surface area (Å²) in [6.07, 6.45) is 1.22. The van der Waals surface area contributed by atoms with E-state index in [1.54, 1.807) is 0 Å². The van der Waals surface area contributed by atoms with Crippen molar-refractivity contribution in [1.29, 1.82) is 0 Å². The van der Waals surface area contributed by atoms with Crippen LogP contribution in [0.2, 0.25) is 0 Å². The number of rotatable bonds is 6. The van der Waals surface area contributed by atoms with Crippen molar-refractivity contribution in [3.05, 3.63) is 0 Å². The number of likely N-dealkylation sites (N-methyl/N-ethyl adjacent to an activating group) is 1. The molecule has 18 heavy (non-hydrogen) atoms. The molecule has 0 amide bonds. The van der Waals surface area contributed by atoms with Gasteiger partial charge >= 0.3 is 0 Å². The van der Waals surface area contributed by atoms with Gasteiger partial charge in [-0.15, -0.1) is 0 Å². The van der Waals surface area contributed by atoms with Crippen LogP contribution in [0, 0.1) is 5.92 Å². The lowest BCUT2D eigenvalue weighted by Crippen LogP contribution is -2.60. The van der Waals surface area contributed by atoms with Crippen LogP contribution in [-0.2, 0) is 0 Å². The van der Waals surface area contributed by atoms with Crippen molar-refractivity contribution < 1.29 is 0 Å². The highest BCUT2D eigenvalue weighted by Crippen LogP contribution is 2.22. The largest absolute Gasteiger partial charge is 0.316 e. The highest BCUT2D eigenvalue weighted by molar-refractivity contribution is 4.91. The van der Waals surface area contributed by atoms with E-state index < -0.39 is 0 Å². The normalized spacial score (nSPS) is 25.0. The Morgan fingerprint density at radius 3 is 2.44 bits per heavy atom. The molecule has 0 saturated carbocycles. The lowest BCUT2D eigenvalue weighted by molar-refractivity contribution is 0.00865. The van der Waals surface area contributed by atoms with Crippen LogP contribution in [0.5, 0.6) is 0 Å². The molecule has 0 aliphatic carbocycles. The van der Waals surface area contributed by atoms with Gasteiger partial charge in [-0.25, -0.2) is 0 Å². The maximum atomic E-state index is 3.55. The summed E-state index contributed by atoms with van der Waals surface area (Å²) in [4.78, 5) is 5.15. The zero-order valence-electron chi connectivity index (χ0n) is 13.3. The Balaban J connectivity index is 2.44. The lowest BCUT2D eigenvalue weighted by atomic mass is 9.95. The first-order chi connectivity index (χ1) is 8.38. The smallest absolute Gasteiger partial charge is 0.0277 e. The second kappa shape index (κ2) is 6.88. The molecule has 2 atom stereocenters. The van der Waals surface area contributed by atoms with Gasteiger partial charge in [0.25, 0.3) is 0 Å². The monoisotopic (exact) mass is 255 g/mol. The van der Waals surface area contributed by atoms with E-state index in [0.29, 0.717) is 11.6 Å². The van der Waals surface area contributed by atoms with E-state index in [1.807, 2.05) is 0 Å². The summed E-state index contributed by atoms with van der Waals surface area (Å²) >= 11 is 0. The summed E-state index contributed by atoms with van der Waals surface area (Å²) in [5.74, 6) is 0.718. The second-order valence-corrected chi connectivity index (χ2v) is 6.63. The molecule has 3 heteroatoms. The van der Waals surface area contributed by atoms with E-state index in [1.165, 1.54) is 26.1 Å². The van der Waals surface area contributed by atoms with Crippen molar-refractivity contribution >= 4 is 0 Å². The molecule has 0 aromatic rings. The second-order valence-electron chi connectivity index (χ2n) is 6.63. The molecule has 0 aromatic carbocycles. The van der Waals surface area contributed by atoms with Crippen LogP contribution in [0.15, 0.2) is 0 Å². The number of nitrogens with one attached hydrogen (secondary N) is 1. The topological polar surface area (TPSA) is 18.5 Å². The molecule has 0 radical (unpaired) electrons. The fourth-order valence-corrected chi connectivity index (χ4v) is 2.66. The molecule has 2 unspecified atom stereocenters. The predicted octanol–water partition coefficient (Wildman–Crippen LogP) is 2.04. The van der Waals surface area contributed by atoms with E-state index >= 15 is 0 Å². The van der Waals surface area contributed by atoms with Crippen LogP contribution < -0.4 is 5.32 Å². The Hall–Kier alpha value is -0.120. The Labute approximate surface area is 114 Å². The Morgan fingerprint density at radius 2 is 1.89 bits per heavy atom. The standard InChI is InChI=1S/C15H33N3/c1-7-8-16-11-13(2)14(3)18-10-9-17(6)15(4,5)12-18/h13-14,16H,7-12H2,1-6H3. The van der Waals surface area contributed by atoms with E-state index in [9.17, 15) is 0 Å². The fraction of sp³-hybridized carbons (Fsp3) is 1.00. The Morgan fingerprint density at radius 1 is 1.22 bits per heavy atom. The third-order valence-corrected chi connectivity index (χ3v) is 4.64. The minimum atomic E-state index is 0.309. The van der Waals surface area contributed by atoms with Crippen LogP contribution >= 0.6 is 0 Å². The van der Waals surface area contributed by atoms with Crippen molar-refractivity contribution in [2.75, 3.05) is 39.8 Å². The lowest BCUT2D eigenvalue weighted by Gasteiger charge is -2.48. The van der Waals surface area contributed by atoms with Gasteiger partial charge in [0.05, 0.1) is 0 Å². The van der Waals surface area contributed by atoms with Gasteiger partial charge in [-0.05, 0) is 53.2 Å². The molecule has 0 aromatic heterocycles. The first-order valence-corrected chi connectivity index (χ1v) is 7.54. The molecule has 1 aliphatic rings. The van der Waals surface area contributed by atoms with Crippen LogP contribution in [0.25, 0.3) is 0 Å². The van der Waals surface area contributed by atoms with Crippen LogP contribution in [0.3, 0.4) is 0 Å². The molecule has 1 heterocycles. The molecule has 1 N–H and O–H groups in total. The minimum Gasteiger partial charge on any atom is -0.316 e. The SMILES string of the molecule is CCCNCC(C)C(C)N1CCN(C)C(C)(C)C1. The average Bonchev–Trinajstić information content (AvgIpc) is 2.32. The zero-order valence-corrected chi connectivity index (χ0v) is 13.3. The van der Waals surface area contributed by atoms with Gasteiger partial charge in [-0.2, -0.15) is 0 Å². The number of piperazine rings is 1. The first kappa shape index (κ1) is 15.9. The molecular formula is C15H33N3. The highest BCUT2D eigenvalue weighted by atomic mass is 15.3. The third kappa shape index (κ3) is 4.22. The van der Waals surface area contributed by atoms with Gasteiger partial charge in [-0.1, -0.05) is 13.8 Å². The van der Waals surface area contributed by atoms with Gasteiger partial charge in [0, 0.05) is 31.2 Å². The minimum absolute atomic E-state index is 0.309. The van der Waals surface area contributed by atoms with Crippen LogP contribution in [-0.4, -0.2) is 61.2 Å². The van der Waals surface area contributed by atoms with E-state index in [-0.39, 0.29) is 0 Å². The van der Waals surface area contributed by atoms with Crippen molar-refractivity contribution in [3.63, 3.8) is 0 Å². The molecule has 3 nitrogen and oxygen atoms in total.